The monoisotopic (exact) mass is 531 g/mol. The molecule has 0 unspecified atom stereocenters. The molecule has 6 heteroatoms. The summed E-state index contributed by atoms with van der Waals surface area (Å²) < 4.78 is 2.32. The molecular formula is C32H41N3O2S. The molecule has 5 nitrogen and oxygen atoms in total. The summed E-state index contributed by atoms with van der Waals surface area (Å²) in [6, 6.07) is 25.3. The Morgan fingerprint density at radius 1 is 1.03 bits per heavy atom. The van der Waals surface area contributed by atoms with Crippen LogP contribution in [0.1, 0.15) is 38.3 Å². The lowest BCUT2D eigenvalue weighted by Crippen LogP contribution is -2.44. The zero-order chi connectivity index (χ0) is 27.1. The summed E-state index contributed by atoms with van der Waals surface area (Å²) in [6.07, 6.45) is 3.61. The van der Waals surface area contributed by atoms with Crippen LogP contribution in [0.2, 0.25) is 0 Å². The molecule has 3 aromatic carbocycles. The van der Waals surface area contributed by atoms with E-state index in [9.17, 15) is 4.79 Å². The van der Waals surface area contributed by atoms with Crippen molar-refractivity contribution in [1.82, 2.24) is 9.62 Å². The fraction of sp³-hybridized carbons (Fsp3) is 0.406. The number of hydrogen-bond donors (Lipinski definition) is 3. The fourth-order valence-corrected chi connectivity index (χ4v) is 6.49. The molecule has 0 fully saturated rings. The first-order chi connectivity index (χ1) is 18.2. The Labute approximate surface area is 232 Å². The Morgan fingerprint density at radius 2 is 1.68 bits per heavy atom. The summed E-state index contributed by atoms with van der Waals surface area (Å²) >= 11 is 1.76. The van der Waals surface area contributed by atoms with E-state index in [1.165, 1.54) is 35.3 Å². The summed E-state index contributed by atoms with van der Waals surface area (Å²) in [5, 5.41) is 15.7. The van der Waals surface area contributed by atoms with Crippen molar-refractivity contribution in [2.24, 2.45) is 11.8 Å². The number of fused-ring (bicyclic) bond motifs is 1. The summed E-state index contributed by atoms with van der Waals surface area (Å²) in [5.74, 6) is 0.377. The Hall–Kier alpha value is -2.80. The molecule has 0 aromatic heterocycles. The van der Waals surface area contributed by atoms with Gasteiger partial charge in [-0.05, 0) is 117 Å². The van der Waals surface area contributed by atoms with Crippen molar-refractivity contribution < 1.29 is 9.90 Å². The third-order valence-corrected chi connectivity index (χ3v) is 8.09. The van der Waals surface area contributed by atoms with Crippen LogP contribution in [-0.2, 0) is 17.6 Å². The van der Waals surface area contributed by atoms with Crippen molar-refractivity contribution in [2.45, 2.75) is 50.5 Å². The molecule has 0 bridgehead atoms. The van der Waals surface area contributed by atoms with E-state index >= 15 is 0 Å². The Morgan fingerprint density at radius 3 is 2.37 bits per heavy atom. The van der Waals surface area contributed by atoms with Crippen molar-refractivity contribution in [3.63, 3.8) is 0 Å². The molecule has 1 aliphatic carbocycles. The summed E-state index contributed by atoms with van der Waals surface area (Å²) in [6.45, 7) is 8.90. The van der Waals surface area contributed by atoms with Crippen LogP contribution in [-0.4, -0.2) is 47.6 Å². The van der Waals surface area contributed by atoms with Gasteiger partial charge in [-0.3, -0.25) is 4.79 Å². The predicted octanol–water partition coefficient (Wildman–Crippen LogP) is 6.60. The molecule has 202 valence electrons. The highest BCUT2D eigenvalue weighted by Crippen LogP contribution is 2.32. The number of carboxylic acids is 1. The molecule has 0 spiro atoms. The van der Waals surface area contributed by atoms with Gasteiger partial charge in [0, 0.05) is 22.7 Å². The molecular weight excluding hydrogens is 490 g/mol. The van der Waals surface area contributed by atoms with Crippen molar-refractivity contribution in [2.75, 3.05) is 32.0 Å². The maximum Gasteiger partial charge on any atom is 0.322 e. The zero-order valence-electron chi connectivity index (χ0n) is 23.0. The first kappa shape index (κ1) is 28.2. The van der Waals surface area contributed by atoms with E-state index < -0.39 is 5.97 Å². The Kier molecular flexibility index (Phi) is 9.53. The number of carboxylic acid groups (broad SMARTS) is 1. The highest BCUT2D eigenvalue weighted by Gasteiger charge is 2.28. The van der Waals surface area contributed by atoms with Crippen LogP contribution in [0.4, 0.5) is 5.69 Å². The van der Waals surface area contributed by atoms with Gasteiger partial charge in [-0.15, -0.1) is 0 Å². The minimum atomic E-state index is -0.871. The standard InChI is InChI=1S/C32H41N3O2S/c1-23(20-34-32(2,3)19-24-15-25-9-5-6-10-26(25)16-24)22-35(4)38-30-14-8-12-28(18-30)27-11-7-13-29(17-27)33-21-31(36)37/h5-14,17-18,23-24,33-34H,15-16,19-22H2,1-4H3,(H,36,37)/t23-/m1/s1. The highest BCUT2D eigenvalue weighted by atomic mass is 32.2. The van der Waals surface area contributed by atoms with Gasteiger partial charge >= 0.3 is 5.97 Å². The van der Waals surface area contributed by atoms with Gasteiger partial charge in [-0.1, -0.05) is 55.5 Å². The molecule has 0 saturated heterocycles. The predicted molar refractivity (Wildman–Crippen MR) is 160 cm³/mol. The second kappa shape index (κ2) is 12.8. The van der Waals surface area contributed by atoms with Crippen LogP contribution in [0.25, 0.3) is 11.1 Å². The average molecular weight is 532 g/mol. The van der Waals surface area contributed by atoms with E-state index in [2.05, 4.69) is 97.4 Å². The van der Waals surface area contributed by atoms with Crippen molar-refractivity contribution in [1.29, 1.82) is 0 Å². The molecule has 3 N–H and O–H groups in total. The largest absolute Gasteiger partial charge is 0.480 e. The number of benzene rings is 3. The van der Waals surface area contributed by atoms with Gasteiger partial charge in [0.25, 0.3) is 0 Å². The molecule has 3 aromatic rings. The number of anilines is 1. The molecule has 0 saturated carbocycles. The number of rotatable bonds is 13. The second-order valence-corrected chi connectivity index (χ2v) is 12.7. The van der Waals surface area contributed by atoms with Gasteiger partial charge in [0.1, 0.15) is 6.54 Å². The van der Waals surface area contributed by atoms with E-state index in [0.717, 1.165) is 35.8 Å². The van der Waals surface area contributed by atoms with Crippen LogP contribution >= 0.6 is 11.9 Å². The number of nitrogens with one attached hydrogen (secondary N) is 2. The SMILES string of the molecule is C[C@H](CNC(C)(C)CC1Cc2ccccc2C1)CN(C)Sc1cccc(-c2cccc(NCC(=O)O)c2)c1. The van der Waals surface area contributed by atoms with Crippen LogP contribution in [0.15, 0.2) is 77.7 Å². The molecule has 38 heavy (non-hydrogen) atoms. The number of carbonyl (C=O) groups is 1. The molecule has 0 amide bonds. The number of aliphatic carboxylic acids is 1. The minimum absolute atomic E-state index is 0.0940. The van der Waals surface area contributed by atoms with Crippen molar-refractivity contribution >= 4 is 23.6 Å². The van der Waals surface area contributed by atoms with E-state index in [1.54, 1.807) is 11.9 Å². The molecule has 0 radical (unpaired) electrons. The van der Waals surface area contributed by atoms with Crippen LogP contribution < -0.4 is 10.6 Å². The lowest BCUT2D eigenvalue weighted by molar-refractivity contribution is -0.134. The second-order valence-electron chi connectivity index (χ2n) is 11.4. The molecule has 1 aliphatic rings. The van der Waals surface area contributed by atoms with Gasteiger partial charge in [-0.25, -0.2) is 4.31 Å². The average Bonchev–Trinajstić information content (AvgIpc) is 3.28. The third kappa shape index (κ3) is 8.35. The Balaban J connectivity index is 1.25. The Bertz CT molecular complexity index is 1200. The van der Waals surface area contributed by atoms with Gasteiger partial charge in [0.05, 0.1) is 0 Å². The summed E-state index contributed by atoms with van der Waals surface area (Å²) in [5.41, 5.74) is 6.18. The van der Waals surface area contributed by atoms with Gasteiger partial charge in [0.15, 0.2) is 0 Å². The zero-order valence-corrected chi connectivity index (χ0v) is 23.9. The lowest BCUT2D eigenvalue weighted by atomic mass is 9.88. The summed E-state index contributed by atoms with van der Waals surface area (Å²) in [4.78, 5) is 12.1. The van der Waals surface area contributed by atoms with Crippen molar-refractivity contribution in [3.05, 3.63) is 83.9 Å². The number of hydrogen-bond acceptors (Lipinski definition) is 5. The third-order valence-electron chi connectivity index (χ3n) is 7.17. The number of nitrogens with zero attached hydrogens (tertiary/aromatic N) is 1. The molecule has 1 atom stereocenters. The van der Waals surface area contributed by atoms with Gasteiger partial charge in [-0.2, -0.15) is 0 Å². The van der Waals surface area contributed by atoms with E-state index in [-0.39, 0.29) is 12.1 Å². The van der Waals surface area contributed by atoms with E-state index in [1.807, 2.05) is 18.2 Å². The molecule has 4 rings (SSSR count). The molecule has 0 heterocycles. The van der Waals surface area contributed by atoms with Gasteiger partial charge < -0.3 is 15.7 Å². The quantitative estimate of drug-likeness (QED) is 0.216. The maximum absolute atomic E-state index is 10.9. The maximum atomic E-state index is 10.9. The van der Waals surface area contributed by atoms with Crippen molar-refractivity contribution in [3.8, 4) is 11.1 Å². The first-order valence-corrected chi connectivity index (χ1v) is 14.3. The minimum Gasteiger partial charge on any atom is -0.480 e. The lowest BCUT2D eigenvalue weighted by Gasteiger charge is -2.31. The van der Waals surface area contributed by atoms with Gasteiger partial charge in [0.2, 0.25) is 0 Å². The van der Waals surface area contributed by atoms with Crippen LogP contribution in [0, 0.1) is 11.8 Å². The smallest absolute Gasteiger partial charge is 0.322 e. The van der Waals surface area contributed by atoms with Crippen LogP contribution in [0.3, 0.4) is 0 Å². The first-order valence-electron chi connectivity index (χ1n) is 13.5. The van der Waals surface area contributed by atoms with E-state index in [4.69, 9.17) is 5.11 Å². The normalized spacial score (nSPS) is 14.4. The van der Waals surface area contributed by atoms with Crippen LogP contribution in [0.5, 0.6) is 0 Å². The highest BCUT2D eigenvalue weighted by molar-refractivity contribution is 7.97. The topological polar surface area (TPSA) is 64.6 Å². The van der Waals surface area contributed by atoms with E-state index in [0.29, 0.717) is 5.92 Å². The molecule has 0 aliphatic heterocycles. The summed E-state index contributed by atoms with van der Waals surface area (Å²) in [7, 11) is 2.16. The fourth-order valence-electron chi connectivity index (χ4n) is 5.48.